The van der Waals surface area contributed by atoms with Crippen molar-refractivity contribution in [3.63, 3.8) is 0 Å². The summed E-state index contributed by atoms with van der Waals surface area (Å²) in [6.45, 7) is 6.55. The second kappa shape index (κ2) is 52.7. The molecule has 0 unspecified atom stereocenters. The van der Waals surface area contributed by atoms with E-state index in [-0.39, 0.29) is 31.1 Å². The Morgan fingerprint density at radius 2 is 0.578 bits per heavy atom. The van der Waals surface area contributed by atoms with Gasteiger partial charge in [-0.25, -0.2) is 0 Å². The molecule has 0 saturated heterocycles. The van der Waals surface area contributed by atoms with Gasteiger partial charge < -0.3 is 14.2 Å². The molecule has 0 radical (unpaired) electrons. The predicted octanol–water partition coefficient (Wildman–Crippen LogP) is 18.0. The van der Waals surface area contributed by atoms with Gasteiger partial charge in [0.05, 0.1) is 0 Å². The lowest BCUT2D eigenvalue weighted by Gasteiger charge is -2.18. The number of unbranched alkanes of at least 4 members (excludes halogenated alkanes) is 28. The smallest absolute Gasteiger partial charge is 0.306 e. The molecule has 0 aromatic heterocycles. The van der Waals surface area contributed by atoms with Crippen molar-refractivity contribution in [2.45, 2.75) is 277 Å². The number of ether oxygens (including phenoxy) is 3. The van der Waals surface area contributed by atoms with Crippen LogP contribution in [0.1, 0.15) is 271 Å². The molecule has 0 saturated carbocycles. The Hall–Kier alpha value is -2.89. The average Bonchev–Trinajstić information content (AvgIpc) is 3.29. The Kier molecular flexibility index (Phi) is 50.4. The van der Waals surface area contributed by atoms with Crippen LogP contribution in [0.2, 0.25) is 0 Å². The van der Waals surface area contributed by atoms with Gasteiger partial charge >= 0.3 is 17.9 Å². The quantitative estimate of drug-likeness (QED) is 0.0262. The minimum atomic E-state index is -0.788. The molecule has 0 bridgehead atoms. The van der Waals surface area contributed by atoms with Crippen molar-refractivity contribution < 1.29 is 28.6 Å². The van der Waals surface area contributed by atoms with Crippen LogP contribution in [0.25, 0.3) is 0 Å². The predicted molar refractivity (Wildman–Crippen MR) is 275 cm³/mol. The molecule has 0 rings (SSSR count). The summed E-state index contributed by atoms with van der Waals surface area (Å²) >= 11 is 0. The minimum absolute atomic E-state index is 0.0863. The maximum Gasteiger partial charge on any atom is 0.306 e. The summed E-state index contributed by atoms with van der Waals surface area (Å²) in [7, 11) is 0. The highest BCUT2D eigenvalue weighted by molar-refractivity contribution is 5.71. The highest BCUT2D eigenvalue weighted by Crippen LogP contribution is 2.14. The van der Waals surface area contributed by atoms with Crippen molar-refractivity contribution in [2.24, 2.45) is 0 Å². The number of hydrogen-bond donors (Lipinski definition) is 0. The van der Waals surface area contributed by atoms with Gasteiger partial charge in [0.2, 0.25) is 0 Å². The highest BCUT2D eigenvalue weighted by Gasteiger charge is 2.19. The Bertz CT molecular complexity index is 1170. The normalized spacial score (nSPS) is 12.5. The van der Waals surface area contributed by atoms with Crippen LogP contribution in [0.15, 0.2) is 60.8 Å². The fourth-order valence-electron chi connectivity index (χ4n) is 7.54. The van der Waals surface area contributed by atoms with Crippen molar-refractivity contribution >= 4 is 17.9 Å². The first-order chi connectivity index (χ1) is 31.5. The third-order valence-corrected chi connectivity index (χ3v) is 11.7. The number of carbonyl (C=O) groups excluding carboxylic acids is 3. The van der Waals surface area contributed by atoms with E-state index in [9.17, 15) is 14.4 Å². The van der Waals surface area contributed by atoms with Crippen LogP contribution in [-0.2, 0) is 28.6 Å². The first-order valence-corrected chi connectivity index (χ1v) is 27.3. The molecule has 0 aliphatic carbocycles. The zero-order chi connectivity index (χ0) is 46.5. The van der Waals surface area contributed by atoms with Gasteiger partial charge in [-0.15, -0.1) is 0 Å². The lowest BCUT2D eigenvalue weighted by molar-refractivity contribution is -0.167. The fraction of sp³-hybridized carbons (Fsp3) is 0.776. The molecule has 370 valence electrons. The van der Waals surface area contributed by atoms with Gasteiger partial charge in [-0.3, -0.25) is 14.4 Å². The third-order valence-electron chi connectivity index (χ3n) is 11.7. The Morgan fingerprint density at radius 1 is 0.312 bits per heavy atom. The number of rotatable bonds is 49. The van der Waals surface area contributed by atoms with Crippen LogP contribution < -0.4 is 0 Å². The molecule has 0 spiro atoms. The standard InChI is InChI=1S/C58H102O6/c1-4-7-10-13-16-19-22-25-28-29-31-33-36-39-42-45-48-51-57(60)63-54-55(53-62-56(59)50-47-44-41-38-35-32-27-24-21-18-15-12-9-6-3)64-58(61)52-49-46-43-40-37-34-30-26-23-20-17-14-11-8-5-2/h15,17-18,20,24-28,30,55H,4-14,16,19,21-23,29,31-54H2,1-3H3/b18-15+,20-17+,27-24+,28-25+,30-26+/t55-/m1/s1. The Labute approximate surface area is 396 Å². The van der Waals surface area contributed by atoms with Crippen molar-refractivity contribution in [2.75, 3.05) is 13.2 Å². The molecule has 0 aliphatic rings. The number of hydrogen-bond acceptors (Lipinski definition) is 6. The van der Waals surface area contributed by atoms with Crippen LogP contribution in [0.4, 0.5) is 0 Å². The zero-order valence-corrected chi connectivity index (χ0v) is 42.3. The number of allylic oxidation sites excluding steroid dienone is 10. The molecular weight excluding hydrogens is 793 g/mol. The lowest BCUT2D eigenvalue weighted by Crippen LogP contribution is -2.30. The van der Waals surface area contributed by atoms with Gasteiger partial charge in [0.1, 0.15) is 13.2 Å². The van der Waals surface area contributed by atoms with E-state index < -0.39 is 6.10 Å². The summed E-state index contributed by atoms with van der Waals surface area (Å²) in [6, 6.07) is 0. The van der Waals surface area contributed by atoms with Crippen LogP contribution >= 0.6 is 0 Å². The van der Waals surface area contributed by atoms with Gasteiger partial charge in [0, 0.05) is 19.3 Å². The largest absolute Gasteiger partial charge is 0.462 e. The maximum absolute atomic E-state index is 12.8. The van der Waals surface area contributed by atoms with Gasteiger partial charge in [-0.2, -0.15) is 0 Å². The van der Waals surface area contributed by atoms with E-state index in [1.165, 1.54) is 128 Å². The van der Waals surface area contributed by atoms with Crippen LogP contribution in [-0.4, -0.2) is 37.2 Å². The highest BCUT2D eigenvalue weighted by atomic mass is 16.6. The summed E-state index contributed by atoms with van der Waals surface area (Å²) < 4.78 is 16.8. The zero-order valence-electron chi connectivity index (χ0n) is 42.3. The van der Waals surface area contributed by atoms with E-state index >= 15 is 0 Å². The first-order valence-electron chi connectivity index (χ1n) is 27.3. The van der Waals surface area contributed by atoms with E-state index in [0.29, 0.717) is 19.3 Å². The van der Waals surface area contributed by atoms with Gasteiger partial charge in [0.15, 0.2) is 6.10 Å². The van der Waals surface area contributed by atoms with Crippen LogP contribution in [0.3, 0.4) is 0 Å². The van der Waals surface area contributed by atoms with Gasteiger partial charge in [0.25, 0.3) is 0 Å². The van der Waals surface area contributed by atoms with E-state index in [2.05, 4.69) is 81.5 Å². The molecule has 6 nitrogen and oxygen atoms in total. The third kappa shape index (κ3) is 50.1. The Morgan fingerprint density at radius 3 is 0.953 bits per heavy atom. The van der Waals surface area contributed by atoms with E-state index in [4.69, 9.17) is 14.2 Å². The molecule has 0 N–H and O–H groups in total. The summed E-state index contributed by atoms with van der Waals surface area (Å²) in [5.74, 6) is -0.912. The van der Waals surface area contributed by atoms with Crippen molar-refractivity contribution in [3.8, 4) is 0 Å². The second-order valence-electron chi connectivity index (χ2n) is 18.1. The molecule has 6 heteroatoms. The van der Waals surface area contributed by atoms with Gasteiger partial charge in [-0.1, -0.05) is 210 Å². The molecule has 0 aliphatic heterocycles. The molecule has 0 aromatic carbocycles. The first kappa shape index (κ1) is 61.1. The molecule has 1 atom stereocenters. The van der Waals surface area contributed by atoms with Gasteiger partial charge in [-0.05, 0) is 103 Å². The maximum atomic E-state index is 12.8. The molecule has 0 heterocycles. The summed E-state index contributed by atoms with van der Waals surface area (Å²) in [6.07, 6.45) is 64.8. The van der Waals surface area contributed by atoms with Crippen LogP contribution in [0, 0.1) is 0 Å². The summed E-state index contributed by atoms with van der Waals surface area (Å²) in [4.78, 5) is 38.1. The Balaban J connectivity index is 4.41. The van der Waals surface area contributed by atoms with E-state index in [1.807, 2.05) is 0 Å². The van der Waals surface area contributed by atoms with Crippen molar-refractivity contribution in [3.05, 3.63) is 60.8 Å². The van der Waals surface area contributed by atoms with Crippen molar-refractivity contribution in [1.29, 1.82) is 0 Å². The van der Waals surface area contributed by atoms with Crippen molar-refractivity contribution in [1.82, 2.24) is 0 Å². The fourth-order valence-corrected chi connectivity index (χ4v) is 7.54. The monoisotopic (exact) mass is 895 g/mol. The average molecular weight is 895 g/mol. The summed E-state index contributed by atoms with van der Waals surface area (Å²) in [5.41, 5.74) is 0. The molecule has 0 amide bonds. The van der Waals surface area contributed by atoms with E-state index in [0.717, 1.165) is 103 Å². The summed E-state index contributed by atoms with van der Waals surface area (Å²) in [5, 5.41) is 0. The minimum Gasteiger partial charge on any atom is -0.462 e. The van der Waals surface area contributed by atoms with E-state index in [1.54, 1.807) is 0 Å². The number of carbonyl (C=O) groups is 3. The SMILES string of the molecule is CCCC/C=C/C/C=C/CCCCCCCC(=O)OC[C@H](COC(=O)CCCCCCCCC/C=C/CCCCCCCC)OC(=O)CCCCCCC/C=C/C/C=C/CCCCC. The topological polar surface area (TPSA) is 78.9 Å². The molecule has 0 aromatic rings. The molecular formula is C58H102O6. The second-order valence-corrected chi connectivity index (χ2v) is 18.1. The molecule has 0 fully saturated rings. The number of esters is 3. The lowest BCUT2D eigenvalue weighted by atomic mass is 10.1. The van der Waals surface area contributed by atoms with Crippen LogP contribution in [0.5, 0.6) is 0 Å². The molecule has 64 heavy (non-hydrogen) atoms.